The van der Waals surface area contributed by atoms with E-state index in [1.165, 1.54) is 4.90 Å². The number of nitrogens with zero attached hydrogens (tertiary/aromatic N) is 2. The number of nitro groups is 1. The Morgan fingerprint density at radius 2 is 1.83 bits per heavy atom. The molecular weight excluding hydrogens is 507 g/mol. The second kappa shape index (κ2) is 10.5. The van der Waals surface area contributed by atoms with Crippen molar-refractivity contribution in [1.29, 1.82) is 0 Å². The quantitative estimate of drug-likeness (QED) is 0.432. The smallest absolute Gasteiger partial charge is 0.410 e. The molecule has 0 unspecified atom stereocenters. The monoisotopic (exact) mass is 537 g/mol. The van der Waals surface area contributed by atoms with Gasteiger partial charge in [0.15, 0.2) is 0 Å². The lowest BCUT2D eigenvalue weighted by Crippen LogP contribution is -2.59. The van der Waals surface area contributed by atoms with Crippen LogP contribution in [0.1, 0.15) is 46.5 Å². The lowest BCUT2D eigenvalue weighted by molar-refractivity contribution is -0.384. The first kappa shape index (κ1) is 28.1. The fourth-order valence-electron chi connectivity index (χ4n) is 4.18. The van der Waals surface area contributed by atoms with Crippen LogP contribution in [-0.4, -0.2) is 73.4 Å². The standard InChI is InChI=1S/C22H30F3N3O7S/c1-21(2,3)35-20(29)27-12-10-17(16(23)13-27)34-18-5-4-11-22(24,25)19(18)26-36(32,33)15-8-6-14(7-9-15)28(30)31/h6-9,16-19,26H,4-5,10-13H2,1-3H3/t16-,17+,18-,19+/m0/s1. The number of sulfonamides is 1. The first-order valence-electron chi connectivity index (χ1n) is 11.5. The number of nitrogens with one attached hydrogen (secondary N) is 1. The zero-order valence-corrected chi connectivity index (χ0v) is 21.0. The van der Waals surface area contributed by atoms with Crippen molar-refractivity contribution in [3.8, 4) is 0 Å². The molecule has 1 aromatic carbocycles. The Kier molecular flexibility index (Phi) is 8.20. The number of rotatable bonds is 6. The van der Waals surface area contributed by atoms with Crippen molar-refractivity contribution < 1.29 is 40.8 Å². The summed E-state index contributed by atoms with van der Waals surface area (Å²) in [6, 6.07) is 1.83. The zero-order chi connectivity index (χ0) is 26.9. The Balaban J connectivity index is 1.71. The molecule has 0 aromatic heterocycles. The van der Waals surface area contributed by atoms with Crippen LogP contribution in [0.4, 0.5) is 23.7 Å². The minimum Gasteiger partial charge on any atom is -0.444 e. The average Bonchev–Trinajstić information content (AvgIpc) is 2.76. The van der Waals surface area contributed by atoms with Gasteiger partial charge in [0, 0.05) is 25.1 Å². The molecule has 2 aliphatic rings. The number of likely N-dealkylation sites (tertiary alicyclic amines) is 1. The first-order valence-corrected chi connectivity index (χ1v) is 13.0. The number of halogens is 3. The molecular formula is C22H30F3N3O7S. The number of benzene rings is 1. The summed E-state index contributed by atoms with van der Waals surface area (Å²) in [6.45, 7) is 4.77. The van der Waals surface area contributed by atoms with E-state index in [1.54, 1.807) is 20.8 Å². The topological polar surface area (TPSA) is 128 Å². The van der Waals surface area contributed by atoms with Gasteiger partial charge in [-0.1, -0.05) is 0 Å². The second-order valence-corrected chi connectivity index (χ2v) is 11.7. The van der Waals surface area contributed by atoms with Crippen molar-refractivity contribution in [3.05, 3.63) is 34.4 Å². The van der Waals surface area contributed by atoms with Gasteiger partial charge in [-0.15, -0.1) is 0 Å². The lowest BCUT2D eigenvalue weighted by Gasteiger charge is -2.42. The molecule has 1 heterocycles. The minimum atomic E-state index is -4.49. The number of ether oxygens (including phenoxy) is 2. The van der Waals surface area contributed by atoms with Crippen molar-refractivity contribution in [2.24, 2.45) is 0 Å². The molecule has 1 aliphatic heterocycles. The van der Waals surface area contributed by atoms with Gasteiger partial charge >= 0.3 is 6.09 Å². The van der Waals surface area contributed by atoms with Crippen LogP contribution < -0.4 is 4.72 Å². The molecule has 1 amide bonds. The van der Waals surface area contributed by atoms with Gasteiger partial charge in [-0.3, -0.25) is 10.1 Å². The van der Waals surface area contributed by atoms with Crippen LogP contribution >= 0.6 is 0 Å². The van der Waals surface area contributed by atoms with E-state index in [0.29, 0.717) is 0 Å². The molecule has 1 saturated carbocycles. The molecule has 0 radical (unpaired) electrons. The third-order valence-corrected chi connectivity index (χ3v) is 7.41. The normalized spacial score (nSPS) is 26.9. The number of amides is 1. The van der Waals surface area contributed by atoms with E-state index >= 15 is 0 Å². The number of hydrogen-bond acceptors (Lipinski definition) is 7. The maximum absolute atomic E-state index is 14.9. The van der Waals surface area contributed by atoms with E-state index in [9.17, 15) is 36.5 Å². The van der Waals surface area contributed by atoms with Gasteiger partial charge in [0.25, 0.3) is 11.6 Å². The molecule has 2 fully saturated rings. The van der Waals surface area contributed by atoms with Gasteiger partial charge in [0.05, 0.1) is 28.6 Å². The second-order valence-electron chi connectivity index (χ2n) is 9.95. The predicted molar refractivity (Wildman–Crippen MR) is 122 cm³/mol. The van der Waals surface area contributed by atoms with E-state index in [1.807, 2.05) is 4.72 Å². The Hall–Kier alpha value is -2.45. The van der Waals surface area contributed by atoms with Crippen LogP contribution in [0.2, 0.25) is 0 Å². The highest BCUT2D eigenvalue weighted by atomic mass is 32.2. The highest BCUT2D eigenvalue weighted by Crippen LogP contribution is 2.37. The number of hydrogen-bond donors (Lipinski definition) is 1. The molecule has 1 saturated heterocycles. The zero-order valence-electron chi connectivity index (χ0n) is 20.2. The summed E-state index contributed by atoms with van der Waals surface area (Å²) in [6.07, 6.45) is -5.27. The number of alkyl halides is 3. The van der Waals surface area contributed by atoms with Gasteiger partial charge in [-0.05, 0) is 52.2 Å². The third kappa shape index (κ3) is 6.85. The maximum Gasteiger partial charge on any atom is 0.410 e. The Bertz CT molecular complexity index is 1060. The van der Waals surface area contributed by atoms with Crippen molar-refractivity contribution >= 4 is 21.8 Å². The van der Waals surface area contributed by atoms with Gasteiger partial charge in [0.1, 0.15) is 17.8 Å². The number of nitro benzene ring substituents is 1. The molecule has 4 atom stereocenters. The highest BCUT2D eigenvalue weighted by molar-refractivity contribution is 7.89. The first-order chi connectivity index (χ1) is 16.6. The summed E-state index contributed by atoms with van der Waals surface area (Å²) in [5, 5.41) is 10.8. The van der Waals surface area contributed by atoms with E-state index in [-0.39, 0.29) is 38.0 Å². The van der Waals surface area contributed by atoms with Crippen molar-refractivity contribution in [2.75, 3.05) is 13.1 Å². The molecule has 1 aromatic rings. The van der Waals surface area contributed by atoms with Crippen LogP contribution in [0.25, 0.3) is 0 Å². The molecule has 10 nitrogen and oxygen atoms in total. The molecule has 36 heavy (non-hydrogen) atoms. The summed E-state index contributed by atoms with van der Waals surface area (Å²) >= 11 is 0. The van der Waals surface area contributed by atoms with Gasteiger partial charge in [0.2, 0.25) is 10.0 Å². The molecule has 1 aliphatic carbocycles. The van der Waals surface area contributed by atoms with E-state index < -0.39 is 68.3 Å². The summed E-state index contributed by atoms with van der Waals surface area (Å²) in [7, 11) is -4.49. The maximum atomic E-state index is 14.9. The van der Waals surface area contributed by atoms with Crippen LogP contribution in [-0.2, 0) is 19.5 Å². The number of carbonyl (C=O) groups is 1. The van der Waals surface area contributed by atoms with Gasteiger partial charge in [-0.25, -0.2) is 26.4 Å². The molecule has 3 rings (SSSR count). The molecule has 202 valence electrons. The van der Waals surface area contributed by atoms with Crippen molar-refractivity contribution in [1.82, 2.24) is 9.62 Å². The highest BCUT2D eigenvalue weighted by Gasteiger charge is 2.51. The van der Waals surface area contributed by atoms with Gasteiger partial charge < -0.3 is 14.4 Å². The van der Waals surface area contributed by atoms with Crippen LogP contribution in [0, 0.1) is 10.1 Å². The van der Waals surface area contributed by atoms with E-state index in [2.05, 4.69) is 0 Å². The molecule has 0 bridgehead atoms. The lowest BCUT2D eigenvalue weighted by atomic mass is 9.89. The number of carbonyl (C=O) groups excluding carboxylic acids is 1. The summed E-state index contributed by atoms with van der Waals surface area (Å²) < 4.78 is 83.1. The minimum absolute atomic E-state index is 0.0182. The predicted octanol–water partition coefficient (Wildman–Crippen LogP) is 3.79. The Labute approximate surface area is 207 Å². The molecule has 1 N–H and O–H groups in total. The van der Waals surface area contributed by atoms with Crippen molar-refractivity contribution in [2.45, 2.75) is 87.3 Å². The summed E-state index contributed by atoms with van der Waals surface area (Å²) in [4.78, 5) is 23.1. The van der Waals surface area contributed by atoms with E-state index in [0.717, 1.165) is 24.3 Å². The van der Waals surface area contributed by atoms with Crippen molar-refractivity contribution in [3.63, 3.8) is 0 Å². The third-order valence-electron chi connectivity index (χ3n) is 5.95. The fraction of sp³-hybridized carbons (Fsp3) is 0.682. The van der Waals surface area contributed by atoms with Crippen LogP contribution in [0.5, 0.6) is 0 Å². The number of non-ortho nitro benzene ring substituents is 1. The Morgan fingerprint density at radius 3 is 2.39 bits per heavy atom. The fourth-order valence-corrected chi connectivity index (χ4v) is 5.47. The molecule has 14 heteroatoms. The average molecular weight is 538 g/mol. The SMILES string of the molecule is CC(C)(C)OC(=O)N1CC[C@@H](O[C@H]2CCCC(F)(F)[C@@H]2NS(=O)(=O)c2ccc([N+](=O)[O-])cc2)[C@@H](F)C1. The summed E-state index contributed by atoms with van der Waals surface area (Å²) in [5.41, 5.74) is -1.12. The number of piperidine rings is 1. The summed E-state index contributed by atoms with van der Waals surface area (Å²) in [5.74, 6) is -3.47. The van der Waals surface area contributed by atoms with Gasteiger partial charge in [-0.2, -0.15) is 4.72 Å². The van der Waals surface area contributed by atoms with Crippen LogP contribution in [0.15, 0.2) is 29.2 Å². The molecule has 0 spiro atoms. The van der Waals surface area contributed by atoms with E-state index in [4.69, 9.17) is 9.47 Å². The largest absolute Gasteiger partial charge is 0.444 e. The Morgan fingerprint density at radius 1 is 1.19 bits per heavy atom. The van der Waals surface area contributed by atoms with Crippen LogP contribution in [0.3, 0.4) is 0 Å².